The van der Waals surface area contributed by atoms with Gasteiger partial charge in [0.2, 0.25) is 18.1 Å². The topological polar surface area (TPSA) is 114 Å². The molecule has 9 nitrogen and oxygen atoms in total. The van der Waals surface area contributed by atoms with Crippen LogP contribution in [0.15, 0.2) is 49.2 Å². The summed E-state index contributed by atoms with van der Waals surface area (Å²) >= 11 is 0. The minimum Gasteiger partial charge on any atom is -0.357 e. The first-order valence-electron chi connectivity index (χ1n) is 10.4. The average molecular weight is 452 g/mol. The van der Waals surface area contributed by atoms with E-state index in [1.165, 1.54) is 12.1 Å². The Labute approximate surface area is 190 Å². The van der Waals surface area contributed by atoms with Crippen molar-refractivity contribution in [3.63, 3.8) is 0 Å². The van der Waals surface area contributed by atoms with E-state index >= 15 is 0 Å². The second-order valence-electron chi connectivity index (χ2n) is 7.88. The van der Waals surface area contributed by atoms with Crippen molar-refractivity contribution in [3.05, 3.63) is 60.8 Å². The van der Waals surface area contributed by atoms with Crippen molar-refractivity contribution in [2.75, 3.05) is 32.1 Å². The fourth-order valence-electron chi connectivity index (χ4n) is 3.40. The Morgan fingerprint density at radius 2 is 2.00 bits per heavy atom. The van der Waals surface area contributed by atoms with E-state index in [4.69, 9.17) is 9.47 Å². The Kier molecular flexibility index (Phi) is 6.47. The number of H-pyrrole nitrogens is 1. The molecule has 3 N–H and O–H groups in total. The quantitative estimate of drug-likeness (QED) is 0.472. The molecule has 33 heavy (non-hydrogen) atoms. The van der Waals surface area contributed by atoms with Crippen molar-refractivity contribution in [3.8, 4) is 22.6 Å². The largest absolute Gasteiger partial charge is 0.357 e. The lowest BCUT2D eigenvalue weighted by Gasteiger charge is -2.35. The Morgan fingerprint density at radius 3 is 2.67 bits per heavy atom. The number of ether oxygens (including phenoxy) is 2. The third-order valence-corrected chi connectivity index (χ3v) is 5.26. The van der Waals surface area contributed by atoms with Crippen LogP contribution in [0.3, 0.4) is 0 Å². The summed E-state index contributed by atoms with van der Waals surface area (Å²) in [4.78, 5) is 29.0. The van der Waals surface area contributed by atoms with Crippen molar-refractivity contribution in [2.45, 2.75) is 13.2 Å². The van der Waals surface area contributed by atoms with Crippen molar-refractivity contribution in [2.24, 2.45) is 5.41 Å². The number of aromatic nitrogens is 4. The Hall–Kier alpha value is -3.63. The Morgan fingerprint density at radius 1 is 1.27 bits per heavy atom. The van der Waals surface area contributed by atoms with Gasteiger partial charge in [0.05, 0.1) is 35.7 Å². The standard InChI is InChI=1S/C23H25FN6O3/c1-4-10-26-21(31)23(2)12-32-20(33-13-23)19-29-17(14-5-7-15(24)8-6-14)18(30-19)16-9-11-27-22(25-3)28-16/h4-9,11,20H,1,10,12-13H2,2-3H3,(H,26,31)(H,29,30)(H,25,27,28). The molecular formula is C23H25FN6O3. The second kappa shape index (κ2) is 9.47. The summed E-state index contributed by atoms with van der Waals surface area (Å²) in [5.41, 5.74) is 1.64. The number of nitrogens with zero attached hydrogens (tertiary/aromatic N) is 3. The van der Waals surface area contributed by atoms with Crippen LogP contribution >= 0.6 is 0 Å². The lowest BCUT2D eigenvalue weighted by Crippen LogP contribution is -2.48. The minimum atomic E-state index is -0.830. The zero-order valence-corrected chi connectivity index (χ0v) is 18.4. The van der Waals surface area contributed by atoms with Gasteiger partial charge in [-0.1, -0.05) is 6.08 Å². The molecular weight excluding hydrogens is 427 g/mol. The highest BCUT2D eigenvalue weighted by Crippen LogP contribution is 2.35. The van der Waals surface area contributed by atoms with Gasteiger partial charge in [-0.15, -0.1) is 6.58 Å². The molecule has 0 saturated carbocycles. The molecule has 0 aliphatic carbocycles. The van der Waals surface area contributed by atoms with Crippen LogP contribution in [0.25, 0.3) is 22.6 Å². The summed E-state index contributed by atoms with van der Waals surface area (Å²) < 4.78 is 25.3. The fourth-order valence-corrected chi connectivity index (χ4v) is 3.40. The van der Waals surface area contributed by atoms with Crippen LogP contribution in [0.2, 0.25) is 0 Å². The summed E-state index contributed by atoms with van der Waals surface area (Å²) in [7, 11) is 1.73. The first kappa shape index (κ1) is 22.6. The van der Waals surface area contributed by atoms with Crippen LogP contribution < -0.4 is 10.6 Å². The molecule has 1 aliphatic heterocycles. The lowest BCUT2D eigenvalue weighted by atomic mass is 9.91. The highest BCUT2D eigenvalue weighted by atomic mass is 19.1. The maximum absolute atomic E-state index is 13.5. The summed E-state index contributed by atoms with van der Waals surface area (Å²) in [6.07, 6.45) is 2.44. The van der Waals surface area contributed by atoms with E-state index in [9.17, 15) is 9.18 Å². The number of rotatable bonds is 7. The van der Waals surface area contributed by atoms with Crippen LogP contribution in [0, 0.1) is 11.2 Å². The van der Waals surface area contributed by atoms with E-state index in [1.807, 2.05) is 0 Å². The van der Waals surface area contributed by atoms with Crippen molar-refractivity contribution < 1.29 is 18.7 Å². The molecule has 172 valence electrons. The number of carbonyl (C=O) groups is 1. The molecule has 0 atom stereocenters. The zero-order valence-electron chi connectivity index (χ0n) is 18.4. The first-order chi connectivity index (χ1) is 15.9. The van der Waals surface area contributed by atoms with Gasteiger partial charge in [-0.25, -0.2) is 19.3 Å². The SMILES string of the molecule is C=CCNC(=O)C1(C)COC(c2nc(-c3ccc(F)cc3)c(-c3ccnc(NC)n3)[nH]2)OC1. The molecule has 10 heteroatoms. The normalized spacial score (nSPS) is 20.3. The number of amides is 1. The van der Waals surface area contributed by atoms with Gasteiger partial charge in [-0.05, 0) is 37.3 Å². The average Bonchev–Trinajstić information content (AvgIpc) is 3.29. The zero-order chi connectivity index (χ0) is 23.4. The van der Waals surface area contributed by atoms with Gasteiger partial charge < -0.3 is 25.1 Å². The predicted octanol–water partition coefficient (Wildman–Crippen LogP) is 3.07. The highest BCUT2D eigenvalue weighted by Gasteiger charge is 2.40. The molecule has 0 spiro atoms. The van der Waals surface area contributed by atoms with E-state index in [2.05, 4.69) is 37.1 Å². The number of anilines is 1. The summed E-state index contributed by atoms with van der Waals surface area (Å²) in [5, 5.41) is 5.69. The fraction of sp³-hybridized carbons (Fsp3) is 0.304. The molecule has 0 bridgehead atoms. The van der Waals surface area contributed by atoms with Crippen LogP contribution in [-0.2, 0) is 14.3 Å². The molecule has 1 amide bonds. The van der Waals surface area contributed by atoms with Gasteiger partial charge >= 0.3 is 0 Å². The van der Waals surface area contributed by atoms with Crippen LogP contribution in [0.1, 0.15) is 19.0 Å². The van der Waals surface area contributed by atoms with Crippen molar-refractivity contribution in [1.29, 1.82) is 0 Å². The summed E-state index contributed by atoms with van der Waals surface area (Å²) in [5.74, 6) is 0.347. The van der Waals surface area contributed by atoms with E-state index in [1.54, 1.807) is 44.4 Å². The molecule has 4 rings (SSSR count). The number of carbonyl (C=O) groups excluding carboxylic acids is 1. The number of hydrogen-bond acceptors (Lipinski definition) is 7. The summed E-state index contributed by atoms with van der Waals surface area (Å²) in [6.45, 7) is 6.06. The van der Waals surface area contributed by atoms with Crippen LogP contribution in [0.4, 0.5) is 10.3 Å². The number of nitrogens with one attached hydrogen (secondary N) is 3. The number of imidazole rings is 1. The molecule has 1 saturated heterocycles. The van der Waals surface area contributed by atoms with Crippen LogP contribution in [0.5, 0.6) is 0 Å². The van der Waals surface area contributed by atoms with Gasteiger partial charge in [0.1, 0.15) is 5.82 Å². The van der Waals surface area contributed by atoms with E-state index in [0.717, 1.165) is 0 Å². The highest BCUT2D eigenvalue weighted by molar-refractivity contribution is 5.82. The molecule has 0 radical (unpaired) electrons. The lowest BCUT2D eigenvalue weighted by molar-refractivity contribution is -0.230. The van der Waals surface area contributed by atoms with Gasteiger partial charge in [0, 0.05) is 25.4 Å². The molecule has 3 heterocycles. The first-order valence-corrected chi connectivity index (χ1v) is 10.4. The monoisotopic (exact) mass is 452 g/mol. The third kappa shape index (κ3) is 4.76. The molecule has 2 aromatic heterocycles. The number of aromatic amines is 1. The Balaban J connectivity index is 1.64. The maximum atomic E-state index is 13.5. The smallest absolute Gasteiger partial charge is 0.230 e. The minimum absolute atomic E-state index is 0.153. The molecule has 1 fully saturated rings. The number of benzene rings is 1. The molecule has 1 aliphatic rings. The van der Waals surface area contributed by atoms with Gasteiger partial charge in [0.25, 0.3) is 0 Å². The van der Waals surface area contributed by atoms with Crippen molar-refractivity contribution >= 4 is 11.9 Å². The summed E-state index contributed by atoms with van der Waals surface area (Å²) in [6, 6.07) is 7.76. The van der Waals surface area contributed by atoms with Gasteiger partial charge in [-0.3, -0.25) is 4.79 Å². The number of halogens is 1. The van der Waals surface area contributed by atoms with Crippen LogP contribution in [-0.4, -0.2) is 52.6 Å². The van der Waals surface area contributed by atoms with Gasteiger partial charge in [0.15, 0.2) is 5.82 Å². The van der Waals surface area contributed by atoms with Crippen molar-refractivity contribution in [1.82, 2.24) is 25.3 Å². The maximum Gasteiger partial charge on any atom is 0.230 e. The second-order valence-corrected chi connectivity index (χ2v) is 7.88. The van der Waals surface area contributed by atoms with E-state index in [0.29, 0.717) is 41.0 Å². The molecule has 3 aromatic rings. The van der Waals surface area contributed by atoms with E-state index < -0.39 is 11.7 Å². The predicted molar refractivity (Wildman–Crippen MR) is 121 cm³/mol. The Bertz CT molecular complexity index is 1140. The number of hydrogen-bond donors (Lipinski definition) is 3. The van der Waals surface area contributed by atoms with Gasteiger partial charge in [-0.2, -0.15) is 0 Å². The molecule has 0 unspecified atom stereocenters. The third-order valence-electron chi connectivity index (χ3n) is 5.26. The molecule has 1 aromatic carbocycles. The van der Waals surface area contributed by atoms with E-state index in [-0.39, 0.29) is 24.9 Å².